The Labute approximate surface area is 152 Å². The van der Waals surface area contributed by atoms with Crippen LogP contribution in [0.5, 0.6) is 0 Å². The molecule has 0 saturated heterocycles. The molecule has 0 spiro atoms. The monoisotopic (exact) mass is 377 g/mol. The second kappa shape index (κ2) is 7.78. The molecule has 3 nitrogen and oxygen atoms in total. The maximum Gasteiger partial charge on any atom is 0.416 e. The smallest absolute Gasteiger partial charge is 0.352 e. The molecule has 0 radical (unpaired) electrons. The molecule has 1 heterocycles. The average molecular weight is 377 g/mol. The number of Topliss-reactive ketones (excluding diaryl/α,β-unsaturated/α-hetero) is 1. The van der Waals surface area contributed by atoms with Gasteiger partial charge in [-0.2, -0.15) is 13.2 Å². The maximum absolute atomic E-state index is 12.7. The number of carbonyl (C=O) groups is 1. The first kappa shape index (κ1) is 18.3. The highest BCUT2D eigenvalue weighted by Gasteiger charge is 2.30. The molecule has 7 heteroatoms. The normalized spacial score (nSPS) is 11.5. The summed E-state index contributed by atoms with van der Waals surface area (Å²) in [6, 6.07) is 16.0. The van der Waals surface area contributed by atoms with Gasteiger partial charge in [-0.15, -0.1) is 11.8 Å². The number of rotatable bonds is 6. The molecule has 26 heavy (non-hydrogen) atoms. The van der Waals surface area contributed by atoms with Gasteiger partial charge in [0.2, 0.25) is 11.5 Å². The van der Waals surface area contributed by atoms with E-state index in [-0.39, 0.29) is 17.3 Å². The zero-order chi connectivity index (χ0) is 18.6. The molecular formula is C19H14F3NO2S. The number of hydrogen-bond acceptors (Lipinski definition) is 4. The summed E-state index contributed by atoms with van der Waals surface area (Å²) in [7, 11) is 0. The van der Waals surface area contributed by atoms with Crippen LogP contribution in [-0.4, -0.2) is 16.7 Å². The predicted octanol–water partition coefficient (Wildman–Crippen LogP) is 5.48. The minimum absolute atomic E-state index is 0.0969. The lowest BCUT2D eigenvalue weighted by atomic mass is 10.1. The second-order valence-electron chi connectivity index (χ2n) is 5.56. The molecule has 0 saturated carbocycles. The molecule has 0 amide bonds. The van der Waals surface area contributed by atoms with Crippen LogP contribution in [0.2, 0.25) is 0 Å². The highest BCUT2D eigenvalue weighted by Crippen LogP contribution is 2.30. The Kier molecular flexibility index (Phi) is 5.46. The fourth-order valence-electron chi connectivity index (χ4n) is 2.32. The van der Waals surface area contributed by atoms with Gasteiger partial charge in [-0.1, -0.05) is 53.7 Å². The first-order chi connectivity index (χ1) is 12.4. The Hall–Kier alpha value is -2.54. The van der Waals surface area contributed by atoms with Crippen molar-refractivity contribution >= 4 is 17.5 Å². The number of ketones is 1. The molecule has 2 aromatic carbocycles. The number of carbonyl (C=O) groups excluding carboxylic acids is 1. The molecule has 0 bridgehead atoms. The molecule has 3 aromatic rings. The van der Waals surface area contributed by atoms with Crippen LogP contribution < -0.4 is 0 Å². The van der Waals surface area contributed by atoms with E-state index >= 15 is 0 Å². The van der Waals surface area contributed by atoms with Crippen molar-refractivity contribution in [3.63, 3.8) is 0 Å². The van der Waals surface area contributed by atoms with E-state index in [2.05, 4.69) is 5.16 Å². The van der Waals surface area contributed by atoms with Gasteiger partial charge in [-0.3, -0.25) is 4.79 Å². The van der Waals surface area contributed by atoms with Gasteiger partial charge in [-0.05, 0) is 11.6 Å². The highest BCUT2D eigenvalue weighted by atomic mass is 32.2. The van der Waals surface area contributed by atoms with Gasteiger partial charge < -0.3 is 4.52 Å². The lowest BCUT2D eigenvalue weighted by molar-refractivity contribution is -0.137. The Morgan fingerprint density at radius 1 is 1.04 bits per heavy atom. The zero-order valence-electron chi connectivity index (χ0n) is 13.5. The number of hydrogen-bond donors (Lipinski definition) is 0. The molecule has 1 aromatic heterocycles. The van der Waals surface area contributed by atoms with Gasteiger partial charge >= 0.3 is 6.18 Å². The predicted molar refractivity (Wildman–Crippen MR) is 93.9 cm³/mol. The number of aromatic nitrogens is 1. The molecule has 3 rings (SSSR count). The largest absolute Gasteiger partial charge is 0.416 e. The quantitative estimate of drug-likeness (QED) is 0.534. The minimum atomic E-state index is -4.37. The summed E-state index contributed by atoms with van der Waals surface area (Å²) in [6.45, 7) is 0. The summed E-state index contributed by atoms with van der Waals surface area (Å²) in [5.74, 6) is 0.284. The van der Waals surface area contributed by atoms with Crippen LogP contribution >= 0.6 is 11.8 Å². The van der Waals surface area contributed by atoms with E-state index in [0.717, 1.165) is 17.7 Å². The number of halogens is 3. The van der Waals surface area contributed by atoms with E-state index < -0.39 is 11.7 Å². The molecule has 134 valence electrons. The van der Waals surface area contributed by atoms with E-state index in [9.17, 15) is 18.0 Å². The third-order valence-corrected chi connectivity index (χ3v) is 4.61. The van der Waals surface area contributed by atoms with E-state index in [4.69, 9.17) is 4.52 Å². The van der Waals surface area contributed by atoms with E-state index in [0.29, 0.717) is 17.0 Å². The van der Waals surface area contributed by atoms with Crippen molar-refractivity contribution in [1.29, 1.82) is 0 Å². The first-order valence-corrected chi connectivity index (χ1v) is 8.88. The summed E-state index contributed by atoms with van der Waals surface area (Å²) >= 11 is 1.23. The second-order valence-corrected chi connectivity index (χ2v) is 6.54. The lowest BCUT2D eigenvalue weighted by Gasteiger charge is -2.08. The van der Waals surface area contributed by atoms with Crippen LogP contribution in [0.1, 0.15) is 21.7 Å². The van der Waals surface area contributed by atoms with Crippen molar-refractivity contribution in [2.24, 2.45) is 0 Å². The lowest BCUT2D eigenvalue weighted by Crippen LogP contribution is -2.05. The van der Waals surface area contributed by atoms with Crippen molar-refractivity contribution in [1.82, 2.24) is 5.16 Å². The van der Waals surface area contributed by atoms with Gasteiger partial charge in [0.25, 0.3) is 0 Å². The van der Waals surface area contributed by atoms with Crippen molar-refractivity contribution in [3.8, 4) is 11.3 Å². The Balaban J connectivity index is 1.58. The van der Waals surface area contributed by atoms with E-state index in [1.165, 1.54) is 17.8 Å². The number of alkyl halides is 3. The zero-order valence-corrected chi connectivity index (χ0v) is 14.3. The fourth-order valence-corrected chi connectivity index (χ4v) is 3.17. The summed E-state index contributed by atoms with van der Waals surface area (Å²) in [5.41, 5.74) is 1.23. The molecule has 0 unspecified atom stereocenters. The van der Waals surface area contributed by atoms with Crippen LogP contribution in [0.25, 0.3) is 11.3 Å². The summed E-state index contributed by atoms with van der Waals surface area (Å²) in [6.07, 6.45) is -4.37. The van der Waals surface area contributed by atoms with Crippen LogP contribution in [-0.2, 0) is 11.9 Å². The molecule has 0 N–H and O–H groups in total. The van der Waals surface area contributed by atoms with Gasteiger partial charge in [-0.25, -0.2) is 0 Å². The van der Waals surface area contributed by atoms with Gasteiger partial charge in [0.15, 0.2) is 0 Å². The van der Waals surface area contributed by atoms with Crippen LogP contribution in [0.4, 0.5) is 13.2 Å². The SMILES string of the molecule is O=C(CSCc1cccc(C(F)(F)F)c1)c1cc(-c2ccccc2)no1. The van der Waals surface area contributed by atoms with Crippen molar-refractivity contribution in [2.45, 2.75) is 11.9 Å². The minimum Gasteiger partial charge on any atom is -0.352 e. The molecule has 0 aliphatic rings. The molecular weight excluding hydrogens is 363 g/mol. The summed E-state index contributed by atoms with van der Waals surface area (Å²) in [5, 5.41) is 3.88. The topological polar surface area (TPSA) is 43.1 Å². The number of thioether (sulfide) groups is 1. The number of benzene rings is 2. The molecule has 0 aliphatic carbocycles. The maximum atomic E-state index is 12.7. The Morgan fingerprint density at radius 3 is 2.54 bits per heavy atom. The summed E-state index contributed by atoms with van der Waals surface area (Å²) in [4.78, 5) is 12.2. The Morgan fingerprint density at radius 2 is 1.81 bits per heavy atom. The van der Waals surface area contributed by atoms with E-state index in [1.54, 1.807) is 12.1 Å². The van der Waals surface area contributed by atoms with Gasteiger partial charge in [0.1, 0.15) is 5.69 Å². The summed E-state index contributed by atoms with van der Waals surface area (Å²) < 4.78 is 43.2. The standard InChI is InChI=1S/C19H14F3NO2S/c20-19(21,22)15-8-4-5-13(9-15)11-26-12-17(24)18-10-16(23-25-18)14-6-2-1-3-7-14/h1-10H,11-12H2. The molecule has 0 fully saturated rings. The van der Waals surface area contributed by atoms with Crippen LogP contribution in [0.15, 0.2) is 65.2 Å². The number of nitrogens with zero attached hydrogens (tertiary/aromatic N) is 1. The average Bonchev–Trinajstić information content (AvgIpc) is 3.12. The third-order valence-electron chi connectivity index (χ3n) is 3.61. The van der Waals surface area contributed by atoms with Crippen molar-refractivity contribution in [2.75, 3.05) is 5.75 Å². The van der Waals surface area contributed by atoms with Crippen molar-refractivity contribution < 1.29 is 22.5 Å². The molecule has 0 atom stereocenters. The first-order valence-electron chi connectivity index (χ1n) is 7.73. The van der Waals surface area contributed by atoms with Gasteiger partial charge in [0.05, 0.1) is 11.3 Å². The van der Waals surface area contributed by atoms with Gasteiger partial charge in [0, 0.05) is 17.4 Å². The van der Waals surface area contributed by atoms with E-state index in [1.807, 2.05) is 30.3 Å². The highest BCUT2D eigenvalue weighted by molar-refractivity contribution is 7.99. The Bertz CT molecular complexity index is 891. The third kappa shape index (κ3) is 4.54. The van der Waals surface area contributed by atoms with Crippen LogP contribution in [0.3, 0.4) is 0 Å². The van der Waals surface area contributed by atoms with Crippen LogP contribution in [0, 0.1) is 0 Å². The fraction of sp³-hybridized carbons (Fsp3) is 0.158. The van der Waals surface area contributed by atoms with Crippen molar-refractivity contribution in [3.05, 3.63) is 77.6 Å². The molecule has 0 aliphatic heterocycles.